The minimum atomic E-state index is -0.276. The van der Waals surface area contributed by atoms with E-state index in [0.29, 0.717) is 30.7 Å². The van der Waals surface area contributed by atoms with Crippen molar-refractivity contribution in [3.05, 3.63) is 34.2 Å². The fourth-order valence-electron chi connectivity index (χ4n) is 1.36. The molecule has 0 unspecified atom stereocenters. The summed E-state index contributed by atoms with van der Waals surface area (Å²) in [6, 6.07) is 4.53. The summed E-state index contributed by atoms with van der Waals surface area (Å²) in [6.07, 6.45) is 0. The first-order valence-corrected chi connectivity index (χ1v) is 6.34. The molecular weight excluding hydrogens is 288 g/mol. The van der Waals surface area contributed by atoms with E-state index in [1.54, 1.807) is 24.1 Å². The van der Waals surface area contributed by atoms with Crippen LogP contribution in [0, 0.1) is 0 Å². The fourth-order valence-corrected chi connectivity index (χ4v) is 1.79. The molecule has 0 spiro atoms. The Labute approximate surface area is 108 Å². The van der Waals surface area contributed by atoms with Crippen LogP contribution in [0.1, 0.15) is 10.5 Å². The lowest BCUT2D eigenvalue weighted by Crippen LogP contribution is -2.36. The standard InChI is InChI=1S/C11H15BrN2O3/c1-17-8-7-14(6-5-12)11(16)9-3-2-4-10(15)13-9/h2-4H,5-8H2,1H3,(H,13,15). The highest BCUT2D eigenvalue weighted by molar-refractivity contribution is 9.09. The molecule has 5 nitrogen and oxygen atoms in total. The second kappa shape index (κ2) is 7.24. The summed E-state index contributed by atoms with van der Waals surface area (Å²) >= 11 is 3.29. The van der Waals surface area contributed by atoms with Crippen molar-refractivity contribution in [1.29, 1.82) is 0 Å². The molecule has 0 saturated heterocycles. The predicted octanol–water partition coefficient (Wildman–Crippen LogP) is 0.858. The largest absolute Gasteiger partial charge is 0.383 e. The van der Waals surface area contributed by atoms with Crippen molar-refractivity contribution >= 4 is 21.8 Å². The summed E-state index contributed by atoms with van der Waals surface area (Å²) in [5.74, 6) is -0.195. The molecule has 0 bridgehead atoms. The van der Waals surface area contributed by atoms with Crippen LogP contribution in [0.2, 0.25) is 0 Å². The van der Waals surface area contributed by atoms with Crippen LogP contribution in [0.5, 0.6) is 0 Å². The molecule has 0 aliphatic rings. The zero-order valence-electron chi connectivity index (χ0n) is 9.61. The van der Waals surface area contributed by atoms with Gasteiger partial charge in [-0.2, -0.15) is 0 Å². The third-order valence-corrected chi connectivity index (χ3v) is 2.56. The van der Waals surface area contributed by atoms with Gasteiger partial charge in [0, 0.05) is 31.6 Å². The van der Waals surface area contributed by atoms with Crippen molar-refractivity contribution in [2.75, 3.05) is 32.1 Å². The molecule has 17 heavy (non-hydrogen) atoms. The number of halogens is 1. The van der Waals surface area contributed by atoms with Gasteiger partial charge < -0.3 is 14.6 Å². The maximum Gasteiger partial charge on any atom is 0.270 e. The highest BCUT2D eigenvalue weighted by Gasteiger charge is 2.15. The molecule has 6 heteroatoms. The number of pyridine rings is 1. The van der Waals surface area contributed by atoms with Gasteiger partial charge in [0.2, 0.25) is 5.56 Å². The number of aromatic amines is 1. The highest BCUT2D eigenvalue weighted by Crippen LogP contribution is 2.01. The van der Waals surface area contributed by atoms with Crippen molar-refractivity contribution in [2.45, 2.75) is 0 Å². The summed E-state index contributed by atoms with van der Waals surface area (Å²) in [5.41, 5.74) is 0.0240. The molecule has 1 heterocycles. The molecule has 0 aliphatic heterocycles. The summed E-state index contributed by atoms with van der Waals surface area (Å²) < 4.78 is 4.95. The lowest BCUT2D eigenvalue weighted by atomic mass is 10.3. The summed E-state index contributed by atoms with van der Waals surface area (Å²) in [6.45, 7) is 1.53. The van der Waals surface area contributed by atoms with E-state index in [2.05, 4.69) is 20.9 Å². The number of alkyl halides is 1. The molecule has 94 valence electrons. The van der Waals surface area contributed by atoms with Crippen molar-refractivity contribution in [3.8, 4) is 0 Å². The molecule has 0 atom stereocenters. The van der Waals surface area contributed by atoms with E-state index in [1.807, 2.05) is 0 Å². The Balaban J connectivity index is 2.79. The number of methoxy groups -OCH3 is 1. The number of rotatable bonds is 6. The number of ether oxygens (including phenoxy) is 1. The second-order valence-corrected chi connectivity index (χ2v) is 4.20. The van der Waals surface area contributed by atoms with Crippen LogP contribution in [-0.2, 0) is 4.74 Å². The van der Waals surface area contributed by atoms with E-state index in [9.17, 15) is 9.59 Å². The molecule has 0 aliphatic carbocycles. The highest BCUT2D eigenvalue weighted by atomic mass is 79.9. The number of nitrogens with zero attached hydrogens (tertiary/aromatic N) is 1. The van der Waals surface area contributed by atoms with E-state index in [0.717, 1.165) is 0 Å². The molecule has 1 rings (SSSR count). The Bertz CT molecular complexity index is 419. The van der Waals surface area contributed by atoms with Gasteiger partial charge in [-0.15, -0.1) is 0 Å². The number of H-pyrrole nitrogens is 1. The van der Waals surface area contributed by atoms with Crippen molar-refractivity contribution < 1.29 is 9.53 Å². The van der Waals surface area contributed by atoms with Gasteiger partial charge in [0.05, 0.1) is 6.61 Å². The van der Waals surface area contributed by atoms with Gasteiger partial charge in [0.25, 0.3) is 5.91 Å². The van der Waals surface area contributed by atoms with Gasteiger partial charge in [-0.25, -0.2) is 0 Å². The molecule has 1 N–H and O–H groups in total. The molecule has 1 amide bonds. The first-order valence-electron chi connectivity index (χ1n) is 5.22. The molecule has 0 fully saturated rings. The maximum atomic E-state index is 12.1. The number of carbonyl (C=O) groups excluding carboxylic acids is 1. The van der Waals surface area contributed by atoms with E-state index in [-0.39, 0.29) is 11.5 Å². The quantitative estimate of drug-likeness (QED) is 0.793. The molecule has 0 saturated carbocycles. The smallest absolute Gasteiger partial charge is 0.270 e. The maximum absolute atomic E-state index is 12.1. The fraction of sp³-hybridized carbons (Fsp3) is 0.455. The SMILES string of the molecule is COCCN(CCBr)C(=O)c1cccc(=O)[nH]1. The first kappa shape index (κ1) is 13.9. The molecule has 0 radical (unpaired) electrons. The number of hydrogen-bond donors (Lipinski definition) is 1. The number of aromatic nitrogens is 1. The van der Waals surface area contributed by atoms with Crippen LogP contribution in [0.4, 0.5) is 0 Å². The van der Waals surface area contributed by atoms with Gasteiger partial charge in [-0.05, 0) is 6.07 Å². The zero-order chi connectivity index (χ0) is 12.7. The monoisotopic (exact) mass is 302 g/mol. The molecular formula is C11H15BrN2O3. The second-order valence-electron chi connectivity index (χ2n) is 3.40. The minimum Gasteiger partial charge on any atom is -0.383 e. The van der Waals surface area contributed by atoms with Gasteiger partial charge in [0.15, 0.2) is 0 Å². The topological polar surface area (TPSA) is 62.4 Å². The Morgan fingerprint density at radius 2 is 2.24 bits per heavy atom. The van der Waals surface area contributed by atoms with Crippen LogP contribution < -0.4 is 5.56 Å². The van der Waals surface area contributed by atoms with Crippen LogP contribution >= 0.6 is 15.9 Å². The lowest BCUT2D eigenvalue weighted by Gasteiger charge is -2.21. The Hall–Kier alpha value is -1.14. The summed E-state index contributed by atoms with van der Waals surface area (Å²) in [7, 11) is 1.58. The number of hydrogen-bond acceptors (Lipinski definition) is 3. The van der Waals surface area contributed by atoms with E-state index >= 15 is 0 Å². The van der Waals surface area contributed by atoms with E-state index in [4.69, 9.17) is 4.74 Å². The van der Waals surface area contributed by atoms with Crippen LogP contribution in [0.15, 0.2) is 23.0 Å². The van der Waals surface area contributed by atoms with E-state index < -0.39 is 0 Å². The van der Waals surface area contributed by atoms with Crippen molar-refractivity contribution in [3.63, 3.8) is 0 Å². The molecule has 1 aromatic heterocycles. The molecule has 0 aromatic carbocycles. The normalized spacial score (nSPS) is 10.2. The average molecular weight is 303 g/mol. The lowest BCUT2D eigenvalue weighted by molar-refractivity contribution is 0.0703. The molecule has 1 aromatic rings. The number of amides is 1. The first-order chi connectivity index (χ1) is 8.19. The minimum absolute atomic E-state index is 0.195. The van der Waals surface area contributed by atoms with Crippen molar-refractivity contribution in [2.24, 2.45) is 0 Å². The van der Waals surface area contributed by atoms with Crippen molar-refractivity contribution in [1.82, 2.24) is 9.88 Å². The average Bonchev–Trinajstić information content (AvgIpc) is 2.33. The predicted molar refractivity (Wildman–Crippen MR) is 68.6 cm³/mol. The van der Waals surface area contributed by atoms with Crippen LogP contribution in [-0.4, -0.2) is 47.9 Å². The zero-order valence-corrected chi connectivity index (χ0v) is 11.2. The Morgan fingerprint density at radius 1 is 1.47 bits per heavy atom. The summed E-state index contributed by atoms with van der Waals surface area (Å²) in [5, 5.41) is 0.680. The number of carbonyl (C=O) groups is 1. The Kier molecular flexibility index (Phi) is 5.93. The third-order valence-electron chi connectivity index (χ3n) is 2.21. The van der Waals surface area contributed by atoms with Gasteiger partial charge >= 0.3 is 0 Å². The van der Waals surface area contributed by atoms with Crippen LogP contribution in [0.25, 0.3) is 0 Å². The van der Waals surface area contributed by atoms with Crippen LogP contribution in [0.3, 0.4) is 0 Å². The summed E-state index contributed by atoms with van der Waals surface area (Å²) in [4.78, 5) is 27.3. The van der Waals surface area contributed by atoms with Gasteiger partial charge in [-0.1, -0.05) is 22.0 Å². The number of nitrogens with one attached hydrogen (secondary N) is 1. The van der Waals surface area contributed by atoms with Gasteiger partial charge in [-0.3, -0.25) is 9.59 Å². The van der Waals surface area contributed by atoms with E-state index in [1.165, 1.54) is 6.07 Å². The van der Waals surface area contributed by atoms with Gasteiger partial charge in [0.1, 0.15) is 5.69 Å². The third kappa shape index (κ3) is 4.32. The Morgan fingerprint density at radius 3 is 2.82 bits per heavy atom.